The van der Waals surface area contributed by atoms with E-state index in [1.165, 1.54) is 12.1 Å². The van der Waals surface area contributed by atoms with Crippen molar-refractivity contribution in [2.45, 2.75) is 16.5 Å². The molecule has 5 rings (SSSR count). The predicted octanol–water partition coefficient (Wildman–Crippen LogP) is 4.57. The van der Waals surface area contributed by atoms with Gasteiger partial charge in [-0.2, -0.15) is 4.98 Å². The molecule has 0 radical (unpaired) electrons. The second-order valence-electron chi connectivity index (χ2n) is 7.53. The first kappa shape index (κ1) is 21.8. The van der Waals surface area contributed by atoms with Gasteiger partial charge in [-0.3, -0.25) is 0 Å². The first-order valence-electron chi connectivity index (χ1n) is 10.6. The SMILES string of the molecule is COc1ccc(CNc2oc(-c3ccccc3)nc2S(=O)(=O)c2ccc3c(c2)OCCO3)cc1. The third kappa shape index (κ3) is 4.29. The molecule has 0 spiro atoms. The summed E-state index contributed by atoms with van der Waals surface area (Å²) in [7, 11) is -2.43. The third-order valence-electron chi connectivity index (χ3n) is 5.31. The molecule has 174 valence electrons. The van der Waals surface area contributed by atoms with Gasteiger partial charge in [-0.15, -0.1) is 0 Å². The molecule has 0 fully saturated rings. The molecule has 3 aromatic carbocycles. The number of rotatable bonds is 7. The number of anilines is 1. The van der Waals surface area contributed by atoms with Crippen molar-refractivity contribution in [3.8, 4) is 28.7 Å². The van der Waals surface area contributed by atoms with Crippen molar-refractivity contribution < 1.29 is 27.0 Å². The summed E-state index contributed by atoms with van der Waals surface area (Å²) >= 11 is 0. The Morgan fingerprint density at radius 1 is 0.941 bits per heavy atom. The van der Waals surface area contributed by atoms with Crippen LogP contribution in [0.4, 0.5) is 5.88 Å². The van der Waals surface area contributed by atoms with Crippen molar-refractivity contribution in [3.63, 3.8) is 0 Å². The lowest BCUT2D eigenvalue weighted by Gasteiger charge is -2.18. The van der Waals surface area contributed by atoms with Gasteiger partial charge in [0.15, 0.2) is 11.5 Å². The van der Waals surface area contributed by atoms with Crippen LogP contribution >= 0.6 is 0 Å². The molecule has 0 bridgehead atoms. The Morgan fingerprint density at radius 2 is 1.68 bits per heavy atom. The monoisotopic (exact) mass is 478 g/mol. The Balaban J connectivity index is 1.52. The zero-order valence-corrected chi connectivity index (χ0v) is 19.2. The molecule has 34 heavy (non-hydrogen) atoms. The Bertz CT molecular complexity index is 1400. The number of fused-ring (bicyclic) bond motifs is 1. The molecule has 0 unspecified atom stereocenters. The number of oxazole rings is 1. The molecule has 0 aliphatic carbocycles. The highest BCUT2D eigenvalue weighted by atomic mass is 32.2. The largest absolute Gasteiger partial charge is 0.497 e. The van der Waals surface area contributed by atoms with Gasteiger partial charge in [0.1, 0.15) is 19.0 Å². The maximum atomic E-state index is 13.6. The van der Waals surface area contributed by atoms with Crippen molar-refractivity contribution in [1.29, 1.82) is 0 Å². The zero-order chi connectivity index (χ0) is 23.5. The number of ether oxygens (including phenoxy) is 3. The van der Waals surface area contributed by atoms with Crippen molar-refractivity contribution in [1.82, 2.24) is 4.98 Å². The molecule has 8 nitrogen and oxygen atoms in total. The van der Waals surface area contributed by atoms with Crippen LogP contribution in [0.25, 0.3) is 11.5 Å². The van der Waals surface area contributed by atoms with Gasteiger partial charge < -0.3 is 23.9 Å². The summed E-state index contributed by atoms with van der Waals surface area (Å²) < 4.78 is 49.4. The molecule has 0 saturated heterocycles. The first-order chi connectivity index (χ1) is 16.5. The Kier molecular flexibility index (Phi) is 5.85. The van der Waals surface area contributed by atoms with E-state index in [-0.39, 0.29) is 21.7 Å². The average Bonchev–Trinajstić information content (AvgIpc) is 3.33. The lowest BCUT2D eigenvalue weighted by atomic mass is 10.2. The molecule has 1 aliphatic rings. The van der Waals surface area contributed by atoms with Crippen LogP contribution in [0.5, 0.6) is 17.2 Å². The quantitative estimate of drug-likeness (QED) is 0.412. The Labute approximate surface area is 197 Å². The highest BCUT2D eigenvalue weighted by Crippen LogP contribution is 2.37. The fourth-order valence-electron chi connectivity index (χ4n) is 3.53. The predicted molar refractivity (Wildman–Crippen MR) is 125 cm³/mol. The topological polar surface area (TPSA) is 99.9 Å². The average molecular weight is 479 g/mol. The van der Waals surface area contributed by atoms with Crippen molar-refractivity contribution in [2.75, 3.05) is 25.6 Å². The van der Waals surface area contributed by atoms with Crippen LogP contribution in [0.3, 0.4) is 0 Å². The van der Waals surface area contributed by atoms with Crippen molar-refractivity contribution in [2.24, 2.45) is 0 Å². The summed E-state index contributed by atoms with van der Waals surface area (Å²) in [5.41, 5.74) is 1.58. The van der Waals surface area contributed by atoms with Gasteiger partial charge in [0.2, 0.25) is 26.6 Å². The van der Waals surface area contributed by atoms with Gasteiger partial charge in [-0.25, -0.2) is 8.42 Å². The number of hydrogen-bond acceptors (Lipinski definition) is 8. The minimum Gasteiger partial charge on any atom is -0.497 e. The smallest absolute Gasteiger partial charge is 0.234 e. The summed E-state index contributed by atoms with van der Waals surface area (Å²) in [5, 5.41) is 2.89. The maximum Gasteiger partial charge on any atom is 0.234 e. The fraction of sp³-hybridized carbons (Fsp3) is 0.160. The second kappa shape index (κ2) is 9.11. The second-order valence-corrected chi connectivity index (χ2v) is 9.39. The van der Waals surface area contributed by atoms with Gasteiger partial charge in [-0.05, 0) is 42.0 Å². The Morgan fingerprint density at radius 3 is 2.41 bits per heavy atom. The summed E-state index contributed by atoms with van der Waals surface area (Å²) in [4.78, 5) is 4.41. The van der Waals surface area contributed by atoms with Gasteiger partial charge in [-0.1, -0.05) is 30.3 Å². The molecule has 1 N–H and O–H groups in total. The van der Waals surface area contributed by atoms with E-state index in [9.17, 15) is 8.42 Å². The molecule has 0 atom stereocenters. The molecule has 1 aliphatic heterocycles. The molecule has 0 saturated carbocycles. The molecule has 9 heteroatoms. The third-order valence-corrected chi connectivity index (χ3v) is 6.97. The van der Waals surface area contributed by atoms with Crippen LogP contribution in [-0.4, -0.2) is 33.7 Å². The number of benzene rings is 3. The van der Waals surface area contributed by atoms with E-state index in [0.29, 0.717) is 36.8 Å². The van der Waals surface area contributed by atoms with E-state index in [1.54, 1.807) is 25.3 Å². The normalized spacial score (nSPS) is 12.9. The van der Waals surface area contributed by atoms with Gasteiger partial charge in [0.05, 0.1) is 12.0 Å². The molecule has 2 heterocycles. The number of nitrogens with zero attached hydrogens (tertiary/aromatic N) is 1. The summed E-state index contributed by atoms with van der Waals surface area (Å²) in [6.07, 6.45) is 0. The lowest BCUT2D eigenvalue weighted by molar-refractivity contribution is 0.171. The maximum absolute atomic E-state index is 13.6. The number of methoxy groups -OCH3 is 1. The van der Waals surface area contributed by atoms with Crippen LogP contribution < -0.4 is 19.5 Å². The first-order valence-corrected chi connectivity index (χ1v) is 12.1. The van der Waals surface area contributed by atoms with Gasteiger partial charge in [0, 0.05) is 18.2 Å². The number of aromatic nitrogens is 1. The standard InChI is InChI=1S/C25H22N2O6S/c1-30-19-9-7-17(8-10-19)16-26-24-25(27-23(33-24)18-5-3-2-4-6-18)34(28,29)20-11-12-21-22(15-20)32-14-13-31-21/h2-12,15,26H,13-14,16H2,1H3. The van der Waals surface area contributed by atoms with E-state index < -0.39 is 9.84 Å². The van der Waals surface area contributed by atoms with E-state index >= 15 is 0 Å². The zero-order valence-electron chi connectivity index (χ0n) is 18.4. The van der Waals surface area contributed by atoms with Crippen molar-refractivity contribution >= 4 is 15.7 Å². The van der Waals surface area contributed by atoms with Gasteiger partial charge in [0.25, 0.3) is 0 Å². The summed E-state index contributed by atoms with van der Waals surface area (Å²) in [5.74, 6) is 1.88. The fourth-order valence-corrected chi connectivity index (χ4v) is 4.83. The molecule has 4 aromatic rings. The van der Waals surface area contributed by atoms with Crippen LogP contribution in [0.1, 0.15) is 5.56 Å². The number of sulfone groups is 1. The molecule has 0 amide bonds. The summed E-state index contributed by atoms with van der Waals surface area (Å²) in [6.45, 7) is 1.10. The van der Waals surface area contributed by atoms with Crippen LogP contribution in [0.2, 0.25) is 0 Å². The molecular weight excluding hydrogens is 456 g/mol. The van der Waals surface area contributed by atoms with E-state index in [4.69, 9.17) is 18.6 Å². The highest BCUT2D eigenvalue weighted by Gasteiger charge is 2.30. The van der Waals surface area contributed by atoms with Gasteiger partial charge >= 0.3 is 0 Å². The van der Waals surface area contributed by atoms with E-state index in [1.807, 2.05) is 42.5 Å². The number of hydrogen-bond donors (Lipinski definition) is 1. The minimum absolute atomic E-state index is 0.0390. The van der Waals surface area contributed by atoms with Crippen molar-refractivity contribution in [3.05, 3.63) is 78.4 Å². The molecular formula is C25H22N2O6S. The van der Waals surface area contributed by atoms with Crippen LogP contribution in [0.15, 0.2) is 87.1 Å². The van der Waals surface area contributed by atoms with E-state index in [2.05, 4.69) is 10.3 Å². The lowest BCUT2D eigenvalue weighted by Crippen LogP contribution is -2.16. The highest BCUT2D eigenvalue weighted by molar-refractivity contribution is 7.91. The van der Waals surface area contributed by atoms with Crippen LogP contribution in [0, 0.1) is 0 Å². The minimum atomic E-state index is -4.03. The number of nitrogens with one attached hydrogen (secondary N) is 1. The van der Waals surface area contributed by atoms with Crippen LogP contribution in [-0.2, 0) is 16.4 Å². The Hall–Kier alpha value is -3.98. The summed E-state index contributed by atoms with van der Waals surface area (Å²) in [6, 6.07) is 21.1. The molecule has 1 aromatic heterocycles. The van der Waals surface area contributed by atoms with E-state index in [0.717, 1.165) is 11.3 Å².